The summed E-state index contributed by atoms with van der Waals surface area (Å²) in [6.45, 7) is 1.72. The Morgan fingerprint density at radius 3 is 2.61 bits per heavy atom. The van der Waals surface area contributed by atoms with Gasteiger partial charge in [0.25, 0.3) is 0 Å². The van der Waals surface area contributed by atoms with Crippen molar-refractivity contribution in [2.45, 2.75) is 32.9 Å². The van der Waals surface area contributed by atoms with Gasteiger partial charge < -0.3 is 19.3 Å². The fourth-order valence-corrected chi connectivity index (χ4v) is 3.63. The average molecular weight is 430 g/mol. The monoisotopic (exact) mass is 430 g/mol. The molecule has 7 heteroatoms. The maximum absolute atomic E-state index is 12.6. The second-order valence-electron chi connectivity index (χ2n) is 7.37. The van der Waals surface area contributed by atoms with Crippen LogP contribution in [0.5, 0.6) is 11.5 Å². The van der Waals surface area contributed by atoms with Crippen LogP contribution >= 0.6 is 0 Å². The van der Waals surface area contributed by atoms with Crippen molar-refractivity contribution in [1.82, 2.24) is 4.90 Å². The van der Waals surface area contributed by atoms with Gasteiger partial charge in [0.15, 0.2) is 11.5 Å². The van der Waals surface area contributed by atoms with Crippen molar-refractivity contribution in [3.8, 4) is 11.5 Å². The summed E-state index contributed by atoms with van der Waals surface area (Å²) >= 11 is 0. The Bertz CT molecular complexity index is 911. The molecule has 2 aromatic carbocycles. The molecule has 0 saturated carbocycles. The zero-order valence-corrected chi connectivity index (χ0v) is 17.9. The molecule has 0 atom stereocenters. The van der Waals surface area contributed by atoms with Crippen LogP contribution in [-0.2, 0) is 11.3 Å². The maximum Gasteiger partial charge on any atom is 0.387 e. The van der Waals surface area contributed by atoms with Gasteiger partial charge in [-0.25, -0.2) is 0 Å². The van der Waals surface area contributed by atoms with Gasteiger partial charge in [0.2, 0.25) is 5.91 Å². The topological polar surface area (TPSA) is 42.0 Å². The summed E-state index contributed by atoms with van der Waals surface area (Å²) in [6, 6.07) is 12.8. The second-order valence-corrected chi connectivity index (χ2v) is 7.37. The largest absolute Gasteiger partial charge is 0.490 e. The Morgan fingerprint density at radius 1 is 1.16 bits per heavy atom. The third kappa shape index (κ3) is 6.20. The first-order valence-corrected chi connectivity index (χ1v) is 10.5. The fourth-order valence-electron chi connectivity index (χ4n) is 3.63. The highest BCUT2D eigenvalue weighted by Gasteiger charge is 2.17. The molecule has 0 aromatic heterocycles. The van der Waals surface area contributed by atoms with Crippen molar-refractivity contribution in [2.24, 2.45) is 0 Å². The number of rotatable bonds is 9. The molecule has 31 heavy (non-hydrogen) atoms. The van der Waals surface area contributed by atoms with E-state index in [2.05, 4.69) is 21.8 Å². The number of halogens is 2. The smallest absolute Gasteiger partial charge is 0.387 e. The van der Waals surface area contributed by atoms with Crippen molar-refractivity contribution >= 4 is 17.7 Å². The minimum absolute atomic E-state index is 0.0315. The Balaban J connectivity index is 1.68. The lowest BCUT2D eigenvalue weighted by atomic mass is 10.1. The van der Waals surface area contributed by atoms with Gasteiger partial charge in [0.05, 0.1) is 6.61 Å². The molecular weight excluding hydrogens is 402 g/mol. The van der Waals surface area contributed by atoms with Gasteiger partial charge in [-0.2, -0.15) is 8.78 Å². The molecule has 1 saturated heterocycles. The van der Waals surface area contributed by atoms with Gasteiger partial charge >= 0.3 is 6.61 Å². The highest BCUT2D eigenvalue weighted by atomic mass is 19.3. The van der Waals surface area contributed by atoms with Gasteiger partial charge in [0, 0.05) is 38.4 Å². The van der Waals surface area contributed by atoms with E-state index in [1.807, 2.05) is 12.1 Å². The molecule has 2 aromatic rings. The normalized spacial score (nSPS) is 13.8. The highest BCUT2D eigenvalue weighted by Crippen LogP contribution is 2.30. The Labute approximate surface area is 181 Å². The van der Waals surface area contributed by atoms with Crippen molar-refractivity contribution in [3.63, 3.8) is 0 Å². The van der Waals surface area contributed by atoms with Crippen molar-refractivity contribution in [1.29, 1.82) is 0 Å². The number of para-hydroxylation sites is 1. The lowest BCUT2D eigenvalue weighted by molar-refractivity contribution is -0.125. The van der Waals surface area contributed by atoms with Gasteiger partial charge in [-0.1, -0.05) is 24.3 Å². The van der Waals surface area contributed by atoms with Gasteiger partial charge in [-0.15, -0.1) is 0 Å². The Morgan fingerprint density at radius 2 is 1.90 bits per heavy atom. The molecule has 0 unspecified atom stereocenters. The third-order valence-electron chi connectivity index (χ3n) is 5.12. The summed E-state index contributed by atoms with van der Waals surface area (Å²) in [5, 5.41) is 0. The minimum Gasteiger partial charge on any atom is -0.490 e. The van der Waals surface area contributed by atoms with Crippen LogP contribution in [0.3, 0.4) is 0 Å². The van der Waals surface area contributed by atoms with Crippen LogP contribution in [0, 0.1) is 0 Å². The number of hydrogen-bond donors (Lipinski definition) is 0. The molecule has 0 spiro atoms. The van der Waals surface area contributed by atoms with E-state index in [-0.39, 0.29) is 17.4 Å². The fraction of sp³-hybridized carbons (Fsp3) is 0.375. The number of benzene rings is 2. The SMILES string of the molecule is CCOc1cc(/C=C/C(=O)N(C)Cc2ccccc2N2CCCC2)ccc1OC(F)F. The number of likely N-dealkylation sites (N-methyl/N-ethyl adjacent to an activating group) is 1. The van der Waals surface area contributed by atoms with Crippen LogP contribution in [-0.4, -0.2) is 44.2 Å². The van der Waals surface area contributed by atoms with E-state index in [0.717, 1.165) is 18.7 Å². The predicted molar refractivity (Wildman–Crippen MR) is 118 cm³/mol. The summed E-state index contributed by atoms with van der Waals surface area (Å²) < 4.78 is 34.9. The summed E-state index contributed by atoms with van der Waals surface area (Å²) in [5.74, 6) is 0.0309. The first-order valence-electron chi connectivity index (χ1n) is 10.5. The molecule has 1 amide bonds. The van der Waals surface area contributed by atoms with Gasteiger partial charge in [-0.05, 0) is 55.2 Å². The van der Waals surface area contributed by atoms with Crippen molar-refractivity contribution < 1.29 is 23.0 Å². The molecule has 1 heterocycles. The number of amides is 1. The maximum atomic E-state index is 12.6. The molecule has 1 aliphatic rings. The number of carbonyl (C=O) groups excluding carboxylic acids is 1. The third-order valence-corrected chi connectivity index (χ3v) is 5.12. The highest BCUT2D eigenvalue weighted by molar-refractivity contribution is 5.91. The minimum atomic E-state index is -2.93. The molecule has 3 rings (SSSR count). The second kappa shape index (κ2) is 10.8. The van der Waals surface area contributed by atoms with Crippen LogP contribution in [0.15, 0.2) is 48.5 Å². The standard InChI is InChI=1S/C24H28F2N2O3/c1-3-30-22-16-18(10-12-21(22)31-24(25)26)11-13-23(29)27(2)17-19-8-4-5-9-20(19)28-14-6-7-15-28/h4-5,8-13,16,24H,3,6-7,14-15,17H2,1-2H3/b13-11+. The quantitative estimate of drug-likeness (QED) is 0.528. The molecule has 166 valence electrons. The van der Waals surface area contributed by atoms with E-state index in [0.29, 0.717) is 18.7 Å². The van der Waals surface area contributed by atoms with E-state index < -0.39 is 6.61 Å². The number of alkyl halides is 2. The molecule has 0 bridgehead atoms. The summed E-state index contributed by atoms with van der Waals surface area (Å²) in [5.41, 5.74) is 2.95. The van der Waals surface area contributed by atoms with Gasteiger partial charge in [-0.3, -0.25) is 4.79 Å². The Kier molecular flexibility index (Phi) is 7.87. The molecule has 1 aliphatic heterocycles. The van der Waals surface area contributed by atoms with Crippen LogP contribution in [0.25, 0.3) is 6.08 Å². The van der Waals surface area contributed by atoms with Crippen LogP contribution in [0.4, 0.5) is 14.5 Å². The van der Waals surface area contributed by atoms with Crippen LogP contribution < -0.4 is 14.4 Å². The zero-order valence-electron chi connectivity index (χ0n) is 17.9. The number of carbonyl (C=O) groups is 1. The van der Waals surface area contributed by atoms with Crippen LogP contribution in [0.2, 0.25) is 0 Å². The van der Waals surface area contributed by atoms with E-state index in [9.17, 15) is 13.6 Å². The molecule has 5 nitrogen and oxygen atoms in total. The number of hydrogen-bond acceptors (Lipinski definition) is 4. The first-order chi connectivity index (χ1) is 15.0. The average Bonchev–Trinajstić information content (AvgIpc) is 3.28. The van der Waals surface area contributed by atoms with Crippen molar-refractivity contribution in [3.05, 3.63) is 59.7 Å². The van der Waals surface area contributed by atoms with E-state index in [1.54, 1.807) is 37.1 Å². The first kappa shape index (κ1) is 22.6. The molecule has 0 aliphatic carbocycles. The molecule has 0 N–H and O–H groups in total. The predicted octanol–water partition coefficient (Wildman–Crippen LogP) is 4.96. The van der Waals surface area contributed by atoms with E-state index >= 15 is 0 Å². The van der Waals surface area contributed by atoms with Crippen molar-refractivity contribution in [2.75, 3.05) is 31.6 Å². The molecule has 0 radical (unpaired) electrons. The zero-order chi connectivity index (χ0) is 22.2. The van der Waals surface area contributed by atoms with E-state index in [4.69, 9.17) is 4.74 Å². The summed E-state index contributed by atoms with van der Waals surface area (Å²) in [4.78, 5) is 16.7. The Hall–Kier alpha value is -3.09. The molecular formula is C24H28F2N2O3. The van der Waals surface area contributed by atoms with Gasteiger partial charge in [0.1, 0.15) is 0 Å². The summed E-state index contributed by atoms with van der Waals surface area (Å²) in [6.07, 6.45) is 5.49. The lowest BCUT2D eigenvalue weighted by Crippen LogP contribution is -2.26. The lowest BCUT2D eigenvalue weighted by Gasteiger charge is -2.24. The van der Waals surface area contributed by atoms with Crippen LogP contribution in [0.1, 0.15) is 30.9 Å². The van der Waals surface area contributed by atoms with E-state index in [1.165, 1.54) is 30.7 Å². The number of ether oxygens (including phenoxy) is 2. The number of nitrogens with zero attached hydrogens (tertiary/aromatic N) is 2. The summed E-state index contributed by atoms with van der Waals surface area (Å²) in [7, 11) is 1.76. The molecule has 1 fully saturated rings. The number of anilines is 1.